The molecule has 2 nitrogen and oxygen atoms in total. The molecule has 0 spiro atoms. The van der Waals surface area contributed by atoms with Gasteiger partial charge in [0.1, 0.15) is 0 Å². The summed E-state index contributed by atoms with van der Waals surface area (Å²) in [7, 11) is 0. The van der Waals surface area contributed by atoms with Crippen LogP contribution >= 0.6 is 0 Å². The van der Waals surface area contributed by atoms with Gasteiger partial charge in [-0.1, -0.05) is 19.4 Å². The average Bonchev–Trinajstić information content (AvgIpc) is 2.04. The second-order valence-corrected chi connectivity index (χ2v) is 4.07. The number of carbonyl (C=O) groups excluding carboxylic acids is 2. The zero-order valence-corrected chi connectivity index (χ0v) is 8.46. The third kappa shape index (κ3) is 1.87. The van der Waals surface area contributed by atoms with Crippen LogP contribution in [0.15, 0.2) is 11.1 Å². The third-order valence-corrected chi connectivity index (χ3v) is 2.81. The largest absolute Gasteiger partial charge is 0.298 e. The molecule has 0 bridgehead atoms. The van der Waals surface area contributed by atoms with Crippen molar-refractivity contribution in [2.45, 2.75) is 33.6 Å². The number of hydrogen-bond donors (Lipinski definition) is 0. The molecule has 72 valence electrons. The van der Waals surface area contributed by atoms with Crippen molar-refractivity contribution in [3.63, 3.8) is 0 Å². The predicted molar refractivity (Wildman–Crippen MR) is 51.3 cm³/mol. The quantitative estimate of drug-likeness (QED) is 0.482. The molecule has 0 saturated carbocycles. The predicted octanol–water partition coefficient (Wildman–Crippen LogP) is 2.14. The molecule has 0 aromatic heterocycles. The minimum atomic E-state index is 0.0498. The van der Waals surface area contributed by atoms with E-state index in [1.165, 1.54) is 0 Å². The van der Waals surface area contributed by atoms with E-state index in [1.54, 1.807) is 0 Å². The second kappa shape index (κ2) is 3.86. The summed E-state index contributed by atoms with van der Waals surface area (Å²) in [4.78, 5) is 22.4. The minimum Gasteiger partial charge on any atom is -0.298 e. The summed E-state index contributed by atoms with van der Waals surface area (Å²) in [5.74, 6) is 0.452. The Morgan fingerprint density at radius 2 is 2.08 bits per heavy atom. The van der Waals surface area contributed by atoms with Gasteiger partial charge < -0.3 is 0 Å². The van der Waals surface area contributed by atoms with E-state index in [0.29, 0.717) is 17.8 Å². The summed E-state index contributed by atoms with van der Waals surface area (Å²) >= 11 is 0. The monoisotopic (exact) mass is 180 g/mol. The molecule has 0 amide bonds. The highest BCUT2D eigenvalue weighted by Gasteiger charge is 2.29. The van der Waals surface area contributed by atoms with Crippen LogP contribution in [0.5, 0.6) is 0 Å². The Balaban J connectivity index is 2.94. The van der Waals surface area contributed by atoms with E-state index < -0.39 is 0 Å². The maximum Gasteiger partial charge on any atom is 0.169 e. The number of hydrogen-bond acceptors (Lipinski definition) is 2. The minimum absolute atomic E-state index is 0.0498. The number of Topliss-reactive ketones (excluding diaryl/α,β-unsaturated/α-hetero) is 1. The first-order valence-electron chi connectivity index (χ1n) is 4.77. The van der Waals surface area contributed by atoms with E-state index in [1.807, 2.05) is 20.8 Å². The van der Waals surface area contributed by atoms with E-state index in [0.717, 1.165) is 18.4 Å². The lowest BCUT2D eigenvalue weighted by molar-refractivity contribution is -0.122. The van der Waals surface area contributed by atoms with Crippen molar-refractivity contribution >= 4 is 12.1 Å². The molecular formula is C11H16O2. The number of rotatable bonds is 2. The lowest BCUT2D eigenvalue weighted by atomic mass is 9.78. The molecule has 0 fully saturated rings. The summed E-state index contributed by atoms with van der Waals surface area (Å²) in [6.45, 7) is 5.94. The smallest absolute Gasteiger partial charge is 0.169 e. The first kappa shape index (κ1) is 10.2. The number of ketones is 1. The van der Waals surface area contributed by atoms with Crippen LogP contribution in [0.25, 0.3) is 0 Å². The summed E-state index contributed by atoms with van der Waals surface area (Å²) in [5.41, 5.74) is 1.38. The van der Waals surface area contributed by atoms with Crippen LogP contribution in [0.2, 0.25) is 0 Å². The van der Waals surface area contributed by atoms with E-state index in [-0.39, 0.29) is 11.7 Å². The fraction of sp³-hybridized carbons (Fsp3) is 0.636. The maximum atomic E-state index is 11.7. The first-order chi connectivity index (χ1) is 6.07. The molecule has 0 aromatic carbocycles. The molecule has 1 aliphatic rings. The lowest BCUT2D eigenvalue weighted by Crippen LogP contribution is -2.27. The molecule has 1 aliphatic carbocycles. The highest BCUT2D eigenvalue weighted by atomic mass is 16.1. The van der Waals surface area contributed by atoms with E-state index in [4.69, 9.17) is 0 Å². The van der Waals surface area contributed by atoms with Crippen molar-refractivity contribution in [1.82, 2.24) is 0 Å². The van der Waals surface area contributed by atoms with E-state index in [2.05, 4.69) is 0 Å². The van der Waals surface area contributed by atoms with Gasteiger partial charge in [0.15, 0.2) is 12.1 Å². The van der Waals surface area contributed by atoms with Crippen LogP contribution in [0, 0.1) is 11.8 Å². The fourth-order valence-electron chi connectivity index (χ4n) is 1.84. The number of carbonyl (C=O) groups is 2. The zero-order chi connectivity index (χ0) is 10.0. The molecule has 0 saturated heterocycles. The molecule has 13 heavy (non-hydrogen) atoms. The van der Waals surface area contributed by atoms with Crippen molar-refractivity contribution in [3.05, 3.63) is 11.1 Å². The van der Waals surface area contributed by atoms with Gasteiger partial charge in [-0.2, -0.15) is 0 Å². The standard InChI is InChI=1S/C11H16O2/c1-7(2)9-5-4-8(3)10(6-12)11(9)13/h6-7,9H,4-5H2,1-3H3/t9-/m0/s1. The number of allylic oxidation sites excluding steroid dienone is 2. The zero-order valence-electron chi connectivity index (χ0n) is 8.46. The second-order valence-electron chi connectivity index (χ2n) is 4.07. The van der Waals surface area contributed by atoms with E-state index in [9.17, 15) is 9.59 Å². The van der Waals surface area contributed by atoms with Crippen LogP contribution in [-0.4, -0.2) is 12.1 Å². The fourth-order valence-corrected chi connectivity index (χ4v) is 1.84. The molecule has 1 rings (SSSR count). The number of aldehydes is 1. The average molecular weight is 180 g/mol. The molecule has 2 heteroatoms. The van der Waals surface area contributed by atoms with Crippen molar-refractivity contribution in [2.24, 2.45) is 11.8 Å². The van der Waals surface area contributed by atoms with Crippen LogP contribution < -0.4 is 0 Å². The highest BCUT2D eigenvalue weighted by Crippen LogP contribution is 2.29. The molecule has 0 unspecified atom stereocenters. The van der Waals surface area contributed by atoms with Gasteiger partial charge in [0.05, 0.1) is 5.57 Å². The molecule has 0 aromatic rings. The Labute approximate surface area is 79.0 Å². The Morgan fingerprint density at radius 3 is 2.54 bits per heavy atom. The Hall–Kier alpha value is -0.920. The highest BCUT2D eigenvalue weighted by molar-refractivity contribution is 6.14. The molecule has 1 atom stereocenters. The maximum absolute atomic E-state index is 11.7. The van der Waals surface area contributed by atoms with Crippen LogP contribution in [0.1, 0.15) is 33.6 Å². The summed E-state index contributed by atoms with van der Waals surface area (Å²) in [5, 5.41) is 0. The first-order valence-corrected chi connectivity index (χ1v) is 4.77. The SMILES string of the molecule is CC1=C(C=O)C(=O)[C@H](C(C)C)CC1. The van der Waals surface area contributed by atoms with Crippen LogP contribution in [0.4, 0.5) is 0 Å². The van der Waals surface area contributed by atoms with Gasteiger partial charge >= 0.3 is 0 Å². The van der Waals surface area contributed by atoms with Gasteiger partial charge in [0, 0.05) is 5.92 Å². The topological polar surface area (TPSA) is 34.1 Å². The third-order valence-electron chi connectivity index (χ3n) is 2.81. The Morgan fingerprint density at radius 1 is 1.46 bits per heavy atom. The summed E-state index contributed by atoms with van der Waals surface area (Å²) < 4.78 is 0. The molecule has 0 heterocycles. The van der Waals surface area contributed by atoms with Gasteiger partial charge in [0.25, 0.3) is 0 Å². The normalized spacial score (nSPS) is 24.0. The van der Waals surface area contributed by atoms with Crippen LogP contribution in [0.3, 0.4) is 0 Å². The molecular weight excluding hydrogens is 164 g/mol. The van der Waals surface area contributed by atoms with Crippen molar-refractivity contribution in [2.75, 3.05) is 0 Å². The molecule has 0 aliphatic heterocycles. The van der Waals surface area contributed by atoms with Crippen molar-refractivity contribution in [1.29, 1.82) is 0 Å². The lowest BCUT2D eigenvalue weighted by Gasteiger charge is -2.24. The van der Waals surface area contributed by atoms with Gasteiger partial charge in [-0.3, -0.25) is 9.59 Å². The molecule has 0 N–H and O–H groups in total. The van der Waals surface area contributed by atoms with Gasteiger partial charge in [-0.15, -0.1) is 0 Å². The van der Waals surface area contributed by atoms with Gasteiger partial charge in [0.2, 0.25) is 0 Å². The van der Waals surface area contributed by atoms with E-state index >= 15 is 0 Å². The summed E-state index contributed by atoms with van der Waals surface area (Å²) in [6, 6.07) is 0. The Bertz CT molecular complexity index is 261. The summed E-state index contributed by atoms with van der Waals surface area (Å²) in [6.07, 6.45) is 2.51. The van der Waals surface area contributed by atoms with Gasteiger partial charge in [-0.05, 0) is 25.7 Å². The van der Waals surface area contributed by atoms with Gasteiger partial charge in [-0.25, -0.2) is 0 Å². The Kier molecular flexibility index (Phi) is 3.02. The van der Waals surface area contributed by atoms with Crippen molar-refractivity contribution < 1.29 is 9.59 Å². The van der Waals surface area contributed by atoms with Crippen molar-refractivity contribution in [3.8, 4) is 0 Å². The van der Waals surface area contributed by atoms with Crippen LogP contribution in [-0.2, 0) is 9.59 Å². The molecule has 0 radical (unpaired) electrons.